The van der Waals surface area contributed by atoms with Gasteiger partial charge < -0.3 is 59.8 Å². The summed E-state index contributed by atoms with van der Waals surface area (Å²) in [6.07, 6.45) is -6.54. The molecule has 1 aliphatic rings. The lowest BCUT2D eigenvalue weighted by molar-refractivity contribution is -0.231. The van der Waals surface area contributed by atoms with Crippen molar-refractivity contribution in [2.75, 3.05) is 6.61 Å². The number of phenols is 5. The first-order valence-corrected chi connectivity index (χ1v) is 13.0. The van der Waals surface area contributed by atoms with Crippen molar-refractivity contribution in [2.45, 2.75) is 30.5 Å². The minimum absolute atomic E-state index is 0.0982. The number of aromatic hydroxyl groups is 5. The van der Waals surface area contributed by atoms with E-state index in [1.54, 1.807) is 0 Å². The number of aliphatic hydroxyl groups is 4. The van der Waals surface area contributed by atoms with Crippen molar-refractivity contribution < 1.29 is 64.6 Å². The predicted octanol–water partition coefficient (Wildman–Crippen LogP) is 1.12. The van der Waals surface area contributed by atoms with Gasteiger partial charge in [0, 0.05) is 23.8 Å². The number of carbonyl (C=O) groups excluding carboxylic acids is 1. The average Bonchev–Trinajstić information content (AvgIpc) is 2.98. The highest BCUT2D eigenvalue weighted by Gasteiger charge is 2.46. The normalized spacial score (nSPS) is 22.0. The van der Waals surface area contributed by atoms with E-state index in [9.17, 15) is 55.5 Å². The van der Waals surface area contributed by atoms with Gasteiger partial charge in [-0.1, -0.05) is 6.07 Å². The third kappa shape index (κ3) is 5.62. The van der Waals surface area contributed by atoms with E-state index in [4.69, 9.17) is 13.9 Å². The van der Waals surface area contributed by atoms with Gasteiger partial charge in [-0.15, -0.1) is 0 Å². The summed E-state index contributed by atoms with van der Waals surface area (Å²) in [6.45, 7) is -0.809. The van der Waals surface area contributed by atoms with Crippen LogP contribution in [0, 0.1) is 0 Å². The molecule has 5 atom stereocenters. The number of rotatable bonds is 6. The number of hydrogen-bond donors (Lipinski definition) is 9. The van der Waals surface area contributed by atoms with E-state index in [0.717, 1.165) is 36.4 Å². The molecule has 1 aliphatic heterocycles. The quantitative estimate of drug-likeness (QED) is 0.0643. The van der Waals surface area contributed by atoms with Crippen molar-refractivity contribution in [3.05, 3.63) is 76.0 Å². The minimum atomic E-state index is -1.93. The van der Waals surface area contributed by atoms with Crippen molar-refractivity contribution in [3.63, 3.8) is 0 Å². The Balaban J connectivity index is 1.68. The van der Waals surface area contributed by atoms with Gasteiger partial charge in [-0.2, -0.15) is 0 Å². The fourth-order valence-corrected chi connectivity index (χ4v) is 4.78. The van der Waals surface area contributed by atoms with Crippen LogP contribution in [0.2, 0.25) is 0 Å². The van der Waals surface area contributed by atoms with Gasteiger partial charge in [0.15, 0.2) is 34.0 Å². The lowest BCUT2D eigenvalue weighted by atomic mass is 9.89. The molecule has 0 spiro atoms. The molecular weight excluding hydrogens is 584 g/mol. The number of ether oxygens (including phenoxy) is 2. The van der Waals surface area contributed by atoms with Crippen LogP contribution in [0.3, 0.4) is 0 Å². The topological polar surface area (TPSA) is 248 Å². The second-order valence-corrected chi connectivity index (χ2v) is 9.94. The molecule has 1 aromatic heterocycles. The van der Waals surface area contributed by atoms with Gasteiger partial charge in [-0.3, -0.25) is 4.79 Å². The third-order valence-electron chi connectivity index (χ3n) is 7.04. The summed E-state index contributed by atoms with van der Waals surface area (Å²) in [5, 5.41) is 90.7. The monoisotopic (exact) mass is 610 g/mol. The number of carbonyl (C=O) groups is 1. The summed E-state index contributed by atoms with van der Waals surface area (Å²) in [4.78, 5) is 26.1. The molecule has 0 amide bonds. The fourth-order valence-electron chi connectivity index (χ4n) is 4.78. The van der Waals surface area contributed by atoms with E-state index in [1.165, 1.54) is 24.3 Å². The Bertz CT molecular complexity index is 1830. The highest BCUT2D eigenvalue weighted by atomic mass is 16.6. The van der Waals surface area contributed by atoms with Gasteiger partial charge in [-0.05, 0) is 42.0 Å². The maximum absolute atomic E-state index is 13.2. The largest absolute Gasteiger partial charge is 0.507 e. The molecule has 0 radical (unpaired) electrons. The van der Waals surface area contributed by atoms with E-state index < -0.39 is 88.2 Å². The zero-order chi connectivity index (χ0) is 31.9. The Morgan fingerprint density at radius 1 is 0.818 bits per heavy atom. The van der Waals surface area contributed by atoms with Crippen molar-refractivity contribution in [2.24, 2.45) is 0 Å². The Labute approximate surface area is 246 Å². The average molecular weight is 611 g/mol. The number of aliphatic hydroxyl groups excluding tert-OH is 4. The van der Waals surface area contributed by atoms with E-state index in [-0.39, 0.29) is 22.6 Å². The van der Waals surface area contributed by atoms with Crippen LogP contribution in [-0.2, 0) is 9.53 Å². The SMILES string of the molecule is O=C(/C=C/c1ccc(O)c(O)c1)Oc1cc(O)c2c(=O)cc(-c3ccc(O)c(O)c3)oc2c1[C@@H]1OC(CO)[C@@H](O)[C@H](O)C1O. The Kier molecular flexibility index (Phi) is 8.19. The molecule has 1 fully saturated rings. The van der Waals surface area contributed by atoms with E-state index >= 15 is 0 Å². The lowest BCUT2D eigenvalue weighted by Gasteiger charge is -2.40. The van der Waals surface area contributed by atoms with Crippen LogP contribution in [0.1, 0.15) is 17.2 Å². The lowest BCUT2D eigenvalue weighted by Crippen LogP contribution is -2.55. The Hall–Kier alpha value is -5.12. The first kappa shape index (κ1) is 30.3. The van der Waals surface area contributed by atoms with E-state index in [2.05, 4.69) is 0 Å². The molecule has 9 N–H and O–H groups in total. The number of hydrogen-bond acceptors (Lipinski definition) is 14. The number of phenolic OH excluding ortho intramolecular Hbond substituents is 5. The Morgan fingerprint density at radius 2 is 1.50 bits per heavy atom. The molecule has 2 heterocycles. The molecule has 5 rings (SSSR count). The van der Waals surface area contributed by atoms with Crippen LogP contribution in [0.15, 0.2) is 63.8 Å². The van der Waals surface area contributed by atoms with Crippen molar-refractivity contribution in [1.82, 2.24) is 0 Å². The summed E-state index contributed by atoms with van der Waals surface area (Å²) in [6, 6.07) is 9.11. The highest BCUT2D eigenvalue weighted by Crippen LogP contribution is 2.44. The van der Waals surface area contributed by atoms with Crippen LogP contribution >= 0.6 is 0 Å². The van der Waals surface area contributed by atoms with Crippen LogP contribution < -0.4 is 10.2 Å². The first-order valence-electron chi connectivity index (χ1n) is 13.0. The Morgan fingerprint density at radius 3 is 2.16 bits per heavy atom. The molecular formula is C30H26O14. The van der Waals surface area contributed by atoms with E-state index in [1.807, 2.05) is 0 Å². The zero-order valence-corrected chi connectivity index (χ0v) is 22.4. The number of esters is 1. The molecule has 230 valence electrons. The maximum Gasteiger partial charge on any atom is 0.336 e. The summed E-state index contributed by atoms with van der Waals surface area (Å²) < 4.78 is 17.0. The van der Waals surface area contributed by atoms with Crippen LogP contribution in [0.25, 0.3) is 28.4 Å². The van der Waals surface area contributed by atoms with Crippen molar-refractivity contribution in [3.8, 4) is 45.8 Å². The molecule has 2 unspecified atom stereocenters. The predicted molar refractivity (Wildman–Crippen MR) is 150 cm³/mol. The molecule has 1 saturated heterocycles. The molecule has 4 aromatic rings. The van der Waals surface area contributed by atoms with Crippen LogP contribution in [-0.4, -0.2) is 83.0 Å². The van der Waals surface area contributed by atoms with Gasteiger partial charge >= 0.3 is 5.97 Å². The molecule has 0 aliphatic carbocycles. The van der Waals surface area contributed by atoms with Crippen LogP contribution in [0.4, 0.5) is 0 Å². The second-order valence-electron chi connectivity index (χ2n) is 9.94. The van der Waals surface area contributed by atoms with Crippen molar-refractivity contribution >= 4 is 23.0 Å². The van der Waals surface area contributed by atoms with Gasteiger partial charge in [0.1, 0.15) is 53.2 Å². The summed E-state index contributed by atoms with van der Waals surface area (Å²) >= 11 is 0. The number of benzene rings is 3. The first-order chi connectivity index (χ1) is 20.9. The third-order valence-corrected chi connectivity index (χ3v) is 7.04. The number of fused-ring (bicyclic) bond motifs is 1. The van der Waals surface area contributed by atoms with Gasteiger partial charge in [-0.25, -0.2) is 4.79 Å². The maximum atomic E-state index is 13.2. The standard InChI is InChI=1S/C30H26O14/c31-11-22-26(39)27(40)28(41)30(44-22)25-21(42-23(38)6-2-12-1-4-14(32)16(34)7-12)10-19(37)24-18(36)9-20(43-29(24)25)13-3-5-15(33)17(35)8-13/h1-10,22,26-28,30-35,37,39-41H,11H2/b6-2+/t22?,26-,27+,28?,30+/m1/s1. The molecule has 0 bridgehead atoms. The summed E-state index contributed by atoms with van der Waals surface area (Å²) in [7, 11) is 0. The molecule has 44 heavy (non-hydrogen) atoms. The highest BCUT2D eigenvalue weighted by molar-refractivity contribution is 5.93. The van der Waals surface area contributed by atoms with Crippen LogP contribution in [0.5, 0.6) is 34.5 Å². The van der Waals surface area contributed by atoms with Crippen molar-refractivity contribution in [1.29, 1.82) is 0 Å². The van der Waals surface area contributed by atoms with Gasteiger partial charge in [0.2, 0.25) is 0 Å². The molecule has 0 saturated carbocycles. The summed E-state index contributed by atoms with van der Waals surface area (Å²) in [5.41, 5.74) is -1.26. The molecule has 14 heteroatoms. The summed E-state index contributed by atoms with van der Waals surface area (Å²) in [5.74, 6) is -4.31. The van der Waals surface area contributed by atoms with E-state index in [0.29, 0.717) is 5.56 Å². The molecule has 3 aromatic carbocycles. The molecule has 14 nitrogen and oxygen atoms in total. The van der Waals surface area contributed by atoms with Gasteiger partial charge in [0.05, 0.1) is 12.2 Å². The van der Waals surface area contributed by atoms with Gasteiger partial charge in [0.25, 0.3) is 0 Å². The second kappa shape index (κ2) is 11.9. The fraction of sp³-hybridized carbons (Fsp3) is 0.200. The minimum Gasteiger partial charge on any atom is -0.507 e. The zero-order valence-electron chi connectivity index (χ0n) is 22.4. The smallest absolute Gasteiger partial charge is 0.336 e.